The van der Waals surface area contributed by atoms with Crippen LogP contribution >= 0.6 is 0 Å². The van der Waals surface area contributed by atoms with Gasteiger partial charge in [-0.2, -0.15) is 0 Å². The third-order valence-corrected chi connectivity index (χ3v) is 3.54. The summed E-state index contributed by atoms with van der Waals surface area (Å²) in [7, 11) is 2.14. The van der Waals surface area contributed by atoms with Crippen molar-refractivity contribution in [1.82, 2.24) is 4.90 Å². The van der Waals surface area contributed by atoms with Gasteiger partial charge in [0.25, 0.3) is 0 Å². The standard InChI is InChI=1S/C12H15NO2/c1-13-5-4-8-7-15-11-3-2-9(14)6-10(11)12(8)13/h2-3,6,8,12,14H,4-5,7H2,1H3/t8-,12-/m0/s1. The Hall–Kier alpha value is -1.22. The molecular weight excluding hydrogens is 190 g/mol. The van der Waals surface area contributed by atoms with Crippen molar-refractivity contribution in [1.29, 1.82) is 0 Å². The molecule has 0 unspecified atom stereocenters. The molecule has 1 N–H and O–H groups in total. The van der Waals surface area contributed by atoms with Gasteiger partial charge in [0.05, 0.1) is 6.61 Å². The molecule has 3 nitrogen and oxygen atoms in total. The molecule has 0 spiro atoms. The summed E-state index contributed by atoms with van der Waals surface area (Å²) in [5.41, 5.74) is 1.14. The average molecular weight is 205 g/mol. The minimum absolute atomic E-state index is 0.332. The smallest absolute Gasteiger partial charge is 0.124 e. The van der Waals surface area contributed by atoms with Gasteiger partial charge in [-0.1, -0.05) is 0 Å². The second-order valence-electron chi connectivity index (χ2n) is 4.51. The van der Waals surface area contributed by atoms with E-state index in [4.69, 9.17) is 4.74 Å². The van der Waals surface area contributed by atoms with Gasteiger partial charge in [-0.15, -0.1) is 0 Å². The molecule has 0 saturated carbocycles. The Bertz CT molecular complexity index is 391. The van der Waals surface area contributed by atoms with Crippen LogP contribution in [0.15, 0.2) is 18.2 Å². The average Bonchev–Trinajstić information content (AvgIpc) is 2.60. The number of hydrogen-bond acceptors (Lipinski definition) is 3. The largest absolute Gasteiger partial charge is 0.508 e. The topological polar surface area (TPSA) is 32.7 Å². The van der Waals surface area contributed by atoms with Crippen molar-refractivity contribution >= 4 is 0 Å². The Morgan fingerprint density at radius 1 is 1.47 bits per heavy atom. The number of aromatic hydroxyl groups is 1. The van der Waals surface area contributed by atoms with Crippen LogP contribution in [0.3, 0.4) is 0 Å². The molecule has 2 heterocycles. The van der Waals surface area contributed by atoms with Crippen LogP contribution in [0.2, 0.25) is 0 Å². The summed E-state index contributed by atoms with van der Waals surface area (Å²) in [4.78, 5) is 2.35. The van der Waals surface area contributed by atoms with Crippen molar-refractivity contribution in [2.75, 3.05) is 20.2 Å². The lowest BCUT2D eigenvalue weighted by Crippen LogP contribution is -2.28. The Labute approximate surface area is 89.3 Å². The molecule has 0 bridgehead atoms. The van der Waals surface area contributed by atoms with Crippen LogP contribution in [0.5, 0.6) is 11.5 Å². The normalized spacial score (nSPS) is 29.4. The molecule has 0 amide bonds. The molecular formula is C12H15NO2. The lowest BCUT2D eigenvalue weighted by Gasteiger charge is -2.32. The number of benzene rings is 1. The van der Waals surface area contributed by atoms with E-state index in [1.807, 2.05) is 12.1 Å². The summed E-state index contributed by atoms with van der Waals surface area (Å²) in [5, 5.41) is 9.52. The number of phenolic OH excluding ortho intramolecular Hbond substituents is 1. The molecule has 1 fully saturated rings. The summed E-state index contributed by atoms with van der Waals surface area (Å²) < 4.78 is 5.70. The zero-order valence-corrected chi connectivity index (χ0v) is 8.81. The molecule has 2 atom stereocenters. The van der Waals surface area contributed by atoms with E-state index in [-0.39, 0.29) is 0 Å². The molecule has 3 rings (SSSR count). The van der Waals surface area contributed by atoms with Gasteiger partial charge in [-0.25, -0.2) is 0 Å². The summed E-state index contributed by atoms with van der Waals surface area (Å²) in [6, 6.07) is 5.83. The number of rotatable bonds is 0. The second-order valence-corrected chi connectivity index (χ2v) is 4.51. The fourth-order valence-corrected chi connectivity index (χ4v) is 2.79. The summed E-state index contributed by atoms with van der Waals surface area (Å²) in [6.45, 7) is 1.93. The third kappa shape index (κ3) is 1.30. The van der Waals surface area contributed by atoms with Crippen LogP contribution in [-0.4, -0.2) is 30.2 Å². The van der Waals surface area contributed by atoms with Gasteiger partial charge >= 0.3 is 0 Å². The minimum atomic E-state index is 0.332. The zero-order valence-electron chi connectivity index (χ0n) is 8.81. The molecule has 3 heteroatoms. The van der Waals surface area contributed by atoms with Crippen molar-refractivity contribution < 1.29 is 9.84 Å². The predicted octanol–water partition coefficient (Wildman–Crippen LogP) is 1.78. The Kier molecular flexibility index (Phi) is 1.89. The number of hydrogen-bond donors (Lipinski definition) is 1. The van der Waals surface area contributed by atoms with Crippen molar-refractivity contribution in [3.8, 4) is 11.5 Å². The molecule has 15 heavy (non-hydrogen) atoms. The molecule has 0 aromatic heterocycles. The van der Waals surface area contributed by atoms with Crippen molar-refractivity contribution in [3.63, 3.8) is 0 Å². The molecule has 1 saturated heterocycles. The van der Waals surface area contributed by atoms with Crippen LogP contribution in [0.1, 0.15) is 18.0 Å². The first-order valence-electron chi connectivity index (χ1n) is 5.41. The highest BCUT2D eigenvalue weighted by molar-refractivity contribution is 5.43. The van der Waals surface area contributed by atoms with E-state index in [1.165, 1.54) is 6.42 Å². The van der Waals surface area contributed by atoms with Crippen LogP contribution < -0.4 is 4.74 Å². The fraction of sp³-hybridized carbons (Fsp3) is 0.500. The van der Waals surface area contributed by atoms with Crippen LogP contribution in [-0.2, 0) is 0 Å². The lowest BCUT2D eigenvalue weighted by molar-refractivity contribution is 0.164. The van der Waals surface area contributed by atoms with E-state index in [9.17, 15) is 5.11 Å². The number of ether oxygens (including phenoxy) is 1. The number of fused-ring (bicyclic) bond motifs is 3. The number of phenols is 1. The van der Waals surface area contributed by atoms with Gasteiger partial charge in [0, 0.05) is 17.5 Å². The summed E-state index contributed by atoms with van der Waals surface area (Å²) in [6.07, 6.45) is 1.19. The van der Waals surface area contributed by atoms with E-state index in [2.05, 4.69) is 11.9 Å². The van der Waals surface area contributed by atoms with E-state index in [0.29, 0.717) is 17.7 Å². The van der Waals surface area contributed by atoms with E-state index < -0.39 is 0 Å². The van der Waals surface area contributed by atoms with Crippen molar-refractivity contribution in [2.45, 2.75) is 12.5 Å². The van der Waals surface area contributed by atoms with Gasteiger partial charge in [0.1, 0.15) is 11.5 Å². The second kappa shape index (κ2) is 3.14. The van der Waals surface area contributed by atoms with Crippen molar-refractivity contribution in [3.05, 3.63) is 23.8 Å². The first-order chi connectivity index (χ1) is 7.25. The maximum atomic E-state index is 9.52. The molecule has 0 aliphatic carbocycles. The highest BCUT2D eigenvalue weighted by Gasteiger charge is 2.38. The third-order valence-electron chi connectivity index (χ3n) is 3.54. The monoisotopic (exact) mass is 205 g/mol. The molecule has 1 aromatic rings. The molecule has 0 radical (unpaired) electrons. The van der Waals surface area contributed by atoms with Gasteiger partial charge < -0.3 is 9.84 Å². The highest BCUT2D eigenvalue weighted by atomic mass is 16.5. The van der Waals surface area contributed by atoms with Crippen molar-refractivity contribution in [2.24, 2.45) is 5.92 Å². The quantitative estimate of drug-likeness (QED) is 0.700. The Morgan fingerprint density at radius 2 is 2.33 bits per heavy atom. The minimum Gasteiger partial charge on any atom is -0.508 e. The van der Waals surface area contributed by atoms with Gasteiger partial charge in [-0.3, -0.25) is 4.90 Å². The van der Waals surface area contributed by atoms with Gasteiger partial charge in [-0.05, 0) is 38.2 Å². The Balaban J connectivity index is 2.08. The first kappa shape index (κ1) is 9.04. The SMILES string of the molecule is CN1CC[C@H]2COc3ccc(O)cc3[C@H]21. The van der Waals surface area contributed by atoms with Crippen LogP contribution in [0.4, 0.5) is 0 Å². The zero-order chi connectivity index (χ0) is 10.4. The maximum absolute atomic E-state index is 9.52. The predicted molar refractivity (Wildman–Crippen MR) is 57.1 cm³/mol. The van der Waals surface area contributed by atoms with E-state index in [0.717, 1.165) is 24.5 Å². The summed E-state index contributed by atoms with van der Waals surface area (Å²) in [5.74, 6) is 1.85. The van der Waals surface area contributed by atoms with Gasteiger partial charge in [0.2, 0.25) is 0 Å². The van der Waals surface area contributed by atoms with Crippen LogP contribution in [0.25, 0.3) is 0 Å². The Morgan fingerprint density at radius 3 is 3.20 bits per heavy atom. The fourth-order valence-electron chi connectivity index (χ4n) is 2.79. The van der Waals surface area contributed by atoms with Crippen LogP contribution in [0, 0.1) is 5.92 Å². The number of nitrogens with zero attached hydrogens (tertiary/aromatic N) is 1. The maximum Gasteiger partial charge on any atom is 0.124 e. The highest BCUT2D eigenvalue weighted by Crippen LogP contribution is 2.44. The lowest BCUT2D eigenvalue weighted by atomic mass is 9.91. The summed E-state index contributed by atoms with van der Waals surface area (Å²) >= 11 is 0. The van der Waals surface area contributed by atoms with E-state index in [1.54, 1.807) is 6.07 Å². The molecule has 80 valence electrons. The molecule has 2 aliphatic heterocycles. The molecule has 2 aliphatic rings. The first-order valence-corrected chi connectivity index (χ1v) is 5.41. The molecule has 1 aromatic carbocycles. The number of likely N-dealkylation sites (tertiary alicyclic amines) is 1. The van der Waals surface area contributed by atoms with E-state index >= 15 is 0 Å². The van der Waals surface area contributed by atoms with Gasteiger partial charge in [0.15, 0.2) is 0 Å².